The minimum Gasteiger partial charge on any atom is -0.338 e. The van der Waals surface area contributed by atoms with Gasteiger partial charge in [0.05, 0.1) is 11.8 Å². The van der Waals surface area contributed by atoms with Crippen LogP contribution in [0.3, 0.4) is 0 Å². The second kappa shape index (κ2) is 5.87. The molecular formula is C17H20N6O2. The fourth-order valence-corrected chi connectivity index (χ4v) is 3.47. The van der Waals surface area contributed by atoms with E-state index in [2.05, 4.69) is 20.3 Å². The van der Waals surface area contributed by atoms with Crippen LogP contribution in [0.4, 0.5) is 0 Å². The molecule has 0 aromatic carbocycles. The van der Waals surface area contributed by atoms with Crippen LogP contribution in [0.5, 0.6) is 0 Å². The summed E-state index contributed by atoms with van der Waals surface area (Å²) in [6.45, 7) is 5.04. The van der Waals surface area contributed by atoms with Crippen LogP contribution in [0, 0.1) is 13.8 Å². The number of carbonyl (C=O) groups is 1. The molecule has 1 aliphatic heterocycles. The van der Waals surface area contributed by atoms with Gasteiger partial charge in [-0.1, -0.05) is 0 Å². The highest BCUT2D eigenvalue weighted by Crippen LogP contribution is 2.28. The van der Waals surface area contributed by atoms with Crippen molar-refractivity contribution < 1.29 is 4.79 Å². The molecule has 130 valence electrons. The number of rotatable bonds is 2. The number of aromatic amines is 2. The third-order valence-corrected chi connectivity index (χ3v) is 4.88. The van der Waals surface area contributed by atoms with Gasteiger partial charge < -0.3 is 4.90 Å². The average molecular weight is 340 g/mol. The summed E-state index contributed by atoms with van der Waals surface area (Å²) in [5.74, 6) is 0.311. The Morgan fingerprint density at radius 3 is 2.68 bits per heavy atom. The lowest BCUT2D eigenvalue weighted by Gasteiger charge is -2.31. The molecule has 0 bridgehead atoms. The summed E-state index contributed by atoms with van der Waals surface area (Å²) in [5.41, 5.74) is 3.69. The van der Waals surface area contributed by atoms with E-state index in [0.29, 0.717) is 30.0 Å². The van der Waals surface area contributed by atoms with Crippen molar-refractivity contribution in [2.24, 2.45) is 0 Å². The summed E-state index contributed by atoms with van der Waals surface area (Å²) >= 11 is 0. The van der Waals surface area contributed by atoms with Gasteiger partial charge in [0.2, 0.25) is 0 Å². The smallest absolute Gasteiger partial charge is 0.272 e. The van der Waals surface area contributed by atoms with Crippen molar-refractivity contribution in [3.05, 3.63) is 51.3 Å². The van der Waals surface area contributed by atoms with Crippen LogP contribution in [0.2, 0.25) is 0 Å². The number of aryl methyl sites for hydroxylation is 2. The fourth-order valence-electron chi connectivity index (χ4n) is 3.47. The van der Waals surface area contributed by atoms with Crippen molar-refractivity contribution in [1.29, 1.82) is 0 Å². The van der Waals surface area contributed by atoms with Crippen LogP contribution in [-0.2, 0) is 0 Å². The maximum absolute atomic E-state index is 12.6. The Balaban J connectivity index is 1.50. The summed E-state index contributed by atoms with van der Waals surface area (Å²) in [5, 5.41) is 9.89. The molecular weight excluding hydrogens is 320 g/mol. The zero-order chi connectivity index (χ0) is 17.6. The number of carbonyl (C=O) groups excluding carboxylic acids is 1. The highest BCUT2D eigenvalue weighted by molar-refractivity contribution is 5.95. The molecule has 3 aromatic heterocycles. The molecule has 1 saturated heterocycles. The molecule has 0 unspecified atom stereocenters. The van der Waals surface area contributed by atoms with Crippen molar-refractivity contribution in [2.75, 3.05) is 13.1 Å². The SMILES string of the molecule is Cc1cc(=O)n2[nH]c(C3CCN(C(=O)c4cn[nH]c4C)CC3)cc2n1. The monoisotopic (exact) mass is 340 g/mol. The summed E-state index contributed by atoms with van der Waals surface area (Å²) in [6.07, 6.45) is 3.29. The van der Waals surface area contributed by atoms with Crippen LogP contribution >= 0.6 is 0 Å². The van der Waals surface area contributed by atoms with Crippen molar-refractivity contribution in [3.63, 3.8) is 0 Å². The summed E-state index contributed by atoms with van der Waals surface area (Å²) in [7, 11) is 0. The van der Waals surface area contributed by atoms with E-state index in [0.717, 1.165) is 24.2 Å². The quantitative estimate of drug-likeness (QED) is 0.736. The normalized spacial score (nSPS) is 15.8. The highest BCUT2D eigenvalue weighted by atomic mass is 16.2. The maximum atomic E-state index is 12.6. The molecule has 3 aromatic rings. The maximum Gasteiger partial charge on any atom is 0.272 e. The van der Waals surface area contributed by atoms with Crippen LogP contribution in [0.25, 0.3) is 5.65 Å². The van der Waals surface area contributed by atoms with Crippen molar-refractivity contribution in [1.82, 2.24) is 29.7 Å². The van der Waals surface area contributed by atoms with Gasteiger partial charge in [0.1, 0.15) is 0 Å². The van der Waals surface area contributed by atoms with Crippen molar-refractivity contribution in [3.8, 4) is 0 Å². The Labute approximate surface area is 143 Å². The van der Waals surface area contributed by atoms with E-state index in [4.69, 9.17) is 0 Å². The summed E-state index contributed by atoms with van der Waals surface area (Å²) < 4.78 is 1.48. The summed E-state index contributed by atoms with van der Waals surface area (Å²) in [4.78, 5) is 30.8. The topological polar surface area (TPSA) is 99.1 Å². The van der Waals surface area contributed by atoms with E-state index < -0.39 is 0 Å². The first-order valence-corrected chi connectivity index (χ1v) is 8.41. The number of nitrogens with one attached hydrogen (secondary N) is 2. The highest BCUT2D eigenvalue weighted by Gasteiger charge is 2.27. The van der Waals surface area contributed by atoms with Gasteiger partial charge in [-0.05, 0) is 26.7 Å². The number of hydrogen-bond donors (Lipinski definition) is 2. The van der Waals surface area contributed by atoms with E-state index >= 15 is 0 Å². The van der Waals surface area contributed by atoms with E-state index in [-0.39, 0.29) is 17.4 Å². The number of amides is 1. The molecule has 0 spiro atoms. The Hall–Kier alpha value is -2.90. The first kappa shape index (κ1) is 15.6. The van der Waals surface area contributed by atoms with Crippen molar-refractivity contribution >= 4 is 11.6 Å². The van der Waals surface area contributed by atoms with Crippen LogP contribution in [0.1, 0.15) is 46.2 Å². The Morgan fingerprint density at radius 2 is 2.00 bits per heavy atom. The van der Waals surface area contributed by atoms with E-state index in [1.165, 1.54) is 10.6 Å². The zero-order valence-electron chi connectivity index (χ0n) is 14.2. The summed E-state index contributed by atoms with van der Waals surface area (Å²) in [6, 6.07) is 3.46. The molecule has 1 amide bonds. The molecule has 0 saturated carbocycles. The lowest BCUT2D eigenvalue weighted by molar-refractivity contribution is 0.0711. The fraction of sp³-hybridized carbons (Fsp3) is 0.412. The molecule has 8 heteroatoms. The van der Waals surface area contributed by atoms with Crippen LogP contribution in [-0.4, -0.2) is 48.7 Å². The van der Waals surface area contributed by atoms with Gasteiger partial charge in [0.15, 0.2) is 5.65 Å². The lowest BCUT2D eigenvalue weighted by Crippen LogP contribution is -2.38. The largest absolute Gasteiger partial charge is 0.338 e. The molecule has 1 aliphatic rings. The first-order valence-electron chi connectivity index (χ1n) is 8.41. The molecule has 25 heavy (non-hydrogen) atoms. The third-order valence-electron chi connectivity index (χ3n) is 4.88. The molecule has 0 aliphatic carbocycles. The second-order valence-electron chi connectivity index (χ2n) is 6.62. The number of piperidine rings is 1. The third kappa shape index (κ3) is 2.73. The van der Waals surface area contributed by atoms with Gasteiger partial charge in [-0.2, -0.15) is 5.10 Å². The number of likely N-dealkylation sites (tertiary alicyclic amines) is 1. The molecule has 1 fully saturated rings. The van der Waals surface area contributed by atoms with Crippen LogP contribution < -0.4 is 5.56 Å². The van der Waals surface area contributed by atoms with Crippen molar-refractivity contribution in [2.45, 2.75) is 32.6 Å². The van der Waals surface area contributed by atoms with Gasteiger partial charge in [-0.25, -0.2) is 9.50 Å². The molecule has 0 radical (unpaired) electrons. The molecule has 0 atom stereocenters. The first-order chi connectivity index (χ1) is 12.0. The van der Waals surface area contributed by atoms with Gasteiger partial charge in [0.25, 0.3) is 11.5 Å². The number of H-pyrrole nitrogens is 2. The molecule has 4 heterocycles. The van der Waals surface area contributed by atoms with Crippen LogP contribution in [0.15, 0.2) is 23.1 Å². The number of fused-ring (bicyclic) bond motifs is 1. The van der Waals surface area contributed by atoms with E-state index in [1.807, 2.05) is 24.8 Å². The minimum atomic E-state index is -0.100. The Morgan fingerprint density at radius 1 is 1.24 bits per heavy atom. The van der Waals surface area contributed by atoms with E-state index in [1.54, 1.807) is 6.20 Å². The molecule has 4 rings (SSSR count). The minimum absolute atomic E-state index is 0.0230. The standard InChI is InChI=1S/C17H20N6O2/c1-10-7-16(24)23-15(19-10)8-14(21-23)12-3-5-22(6-4-12)17(25)13-9-18-20-11(13)2/h7-9,12,21H,3-6H2,1-2H3,(H,18,20). The number of hydrogen-bond acceptors (Lipinski definition) is 4. The molecule has 2 N–H and O–H groups in total. The lowest BCUT2D eigenvalue weighted by atomic mass is 9.93. The van der Waals surface area contributed by atoms with Gasteiger partial charge in [0, 0.05) is 48.2 Å². The van der Waals surface area contributed by atoms with E-state index in [9.17, 15) is 9.59 Å². The van der Waals surface area contributed by atoms with Gasteiger partial charge in [-0.3, -0.25) is 19.8 Å². The Kier molecular flexibility index (Phi) is 3.67. The van der Waals surface area contributed by atoms with Gasteiger partial charge >= 0.3 is 0 Å². The van der Waals surface area contributed by atoms with Gasteiger partial charge in [-0.15, -0.1) is 0 Å². The zero-order valence-corrected chi connectivity index (χ0v) is 14.2. The molecule has 8 nitrogen and oxygen atoms in total. The number of nitrogens with zero attached hydrogens (tertiary/aromatic N) is 4. The second-order valence-corrected chi connectivity index (χ2v) is 6.62. The average Bonchev–Trinajstić information content (AvgIpc) is 3.20. The Bertz CT molecular complexity index is 990. The predicted octanol–water partition coefficient (Wildman–Crippen LogP) is 1.38. The number of aromatic nitrogens is 5. The predicted molar refractivity (Wildman–Crippen MR) is 91.8 cm³/mol.